The number of piperazine rings is 1. The topological polar surface area (TPSA) is 62.5 Å². The van der Waals surface area contributed by atoms with Crippen LogP contribution in [0.5, 0.6) is 0 Å². The van der Waals surface area contributed by atoms with Crippen LogP contribution in [0.4, 0.5) is 0 Å². The summed E-state index contributed by atoms with van der Waals surface area (Å²) in [5.74, 6) is 1.51. The van der Waals surface area contributed by atoms with E-state index in [2.05, 4.69) is 27.2 Å². The minimum Gasteiger partial charge on any atom is -0.340 e. The molecule has 2 aromatic heterocycles. The number of amides is 1. The quantitative estimate of drug-likeness (QED) is 0.656. The highest BCUT2D eigenvalue weighted by Gasteiger charge is 2.22. The molecule has 4 rings (SSSR count). The lowest BCUT2D eigenvalue weighted by molar-refractivity contribution is -0.133. The van der Waals surface area contributed by atoms with E-state index in [0.29, 0.717) is 24.7 Å². The highest BCUT2D eigenvalue weighted by Crippen LogP contribution is 2.21. The Hall–Kier alpha value is -2.51. The van der Waals surface area contributed by atoms with E-state index >= 15 is 0 Å². The van der Waals surface area contributed by atoms with Gasteiger partial charge in [0.05, 0.1) is 11.4 Å². The molecule has 3 heterocycles. The van der Waals surface area contributed by atoms with Gasteiger partial charge in [-0.25, -0.2) is 0 Å². The molecule has 7 heteroatoms. The summed E-state index contributed by atoms with van der Waals surface area (Å²) in [6, 6.07) is 14.1. The van der Waals surface area contributed by atoms with Crippen molar-refractivity contribution >= 4 is 17.2 Å². The van der Waals surface area contributed by atoms with Crippen molar-refractivity contribution in [1.29, 1.82) is 0 Å². The Balaban J connectivity index is 1.23. The van der Waals surface area contributed by atoms with Crippen molar-refractivity contribution in [2.75, 3.05) is 26.2 Å². The third-order valence-corrected chi connectivity index (χ3v) is 5.63. The molecule has 0 atom stereocenters. The first kappa shape index (κ1) is 17.9. The van der Waals surface area contributed by atoms with Crippen LogP contribution in [0, 0.1) is 0 Å². The largest absolute Gasteiger partial charge is 0.340 e. The van der Waals surface area contributed by atoms with Crippen LogP contribution in [-0.2, 0) is 17.8 Å². The average molecular weight is 382 g/mol. The van der Waals surface area contributed by atoms with E-state index in [1.165, 1.54) is 5.56 Å². The molecule has 1 fully saturated rings. The molecule has 0 N–H and O–H groups in total. The molecular formula is C20H22N4O2S. The number of hydrogen-bond donors (Lipinski definition) is 0. The van der Waals surface area contributed by atoms with Gasteiger partial charge in [-0.3, -0.25) is 9.69 Å². The van der Waals surface area contributed by atoms with Gasteiger partial charge in [-0.2, -0.15) is 4.98 Å². The zero-order valence-corrected chi connectivity index (χ0v) is 15.9. The molecule has 140 valence electrons. The Morgan fingerprint density at radius 1 is 1.07 bits per heavy atom. The van der Waals surface area contributed by atoms with Crippen LogP contribution in [0.15, 0.2) is 52.4 Å². The molecule has 1 aromatic carbocycles. The van der Waals surface area contributed by atoms with Gasteiger partial charge in [-0.05, 0) is 23.4 Å². The van der Waals surface area contributed by atoms with E-state index in [9.17, 15) is 4.79 Å². The van der Waals surface area contributed by atoms with E-state index < -0.39 is 0 Å². The fraction of sp³-hybridized carbons (Fsp3) is 0.350. The van der Waals surface area contributed by atoms with E-state index in [4.69, 9.17) is 4.52 Å². The van der Waals surface area contributed by atoms with Crippen LogP contribution in [0.1, 0.15) is 17.9 Å². The lowest BCUT2D eigenvalue weighted by Gasteiger charge is -2.34. The number of aromatic nitrogens is 2. The summed E-state index contributed by atoms with van der Waals surface area (Å²) in [5.41, 5.74) is 1.21. The Kier molecular flexibility index (Phi) is 5.60. The van der Waals surface area contributed by atoms with Gasteiger partial charge in [0.2, 0.25) is 17.6 Å². The van der Waals surface area contributed by atoms with Crippen LogP contribution in [0.25, 0.3) is 10.7 Å². The van der Waals surface area contributed by atoms with Gasteiger partial charge < -0.3 is 9.42 Å². The van der Waals surface area contributed by atoms with Gasteiger partial charge in [-0.1, -0.05) is 41.6 Å². The molecule has 0 spiro atoms. The standard InChI is InChI=1S/C20H22N4O2S/c25-19(9-8-16-5-2-1-3-6-16)24-12-10-23(11-13-24)15-18-21-20(22-26-18)17-7-4-14-27-17/h1-7,14H,8-13,15H2. The van der Waals surface area contributed by atoms with Crippen LogP contribution in [0.3, 0.4) is 0 Å². The summed E-state index contributed by atoms with van der Waals surface area (Å²) in [6.07, 6.45) is 1.37. The summed E-state index contributed by atoms with van der Waals surface area (Å²) in [5, 5.41) is 6.05. The molecule has 27 heavy (non-hydrogen) atoms. The molecular weight excluding hydrogens is 360 g/mol. The predicted molar refractivity (Wildman–Crippen MR) is 104 cm³/mol. The third-order valence-electron chi connectivity index (χ3n) is 4.76. The molecule has 0 aliphatic carbocycles. The maximum absolute atomic E-state index is 12.4. The Morgan fingerprint density at radius 2 is 1.89 bits per heavy atom. The van der Waals surface area contributed by atoms with Crippen molar-refractivity contribution < 1.29 is 9.32 Å². The van der Waals surface area contributed by atoms with E-state index in [-0.39, 0.29) is 5.91 Å². The van der Waals surface area contributed by atoms with Gasteiger partial charge in [0.1, 0.15) is 0 Å². The molecule has 1 saturated heterocycles. The van der Waals surface area contributed by atoms with Gasteiger partial charge in [0, 0.05) is 32.6 Å². The molecule has 0 radical (unpaired) electrons. The summed E-state index contributed by atoms with van der Waals surface area (Å²) >= 11 is 1.60. The van der Waals surface area contributed by atoms with Crippen LogP contribution < -0.4 is 0 Å². The molecule has 1 aliphatic heterocycles. The van der Waals surface area contributed by atoms with E-state index in [1.807, 2.05) is 40.6 Å². The summed E-state index contributed by atoms with van der Waals surface area (Å²) < 4.78 is 5.38. The highest BCUT2D eigenvalue weighted by atomic mass is 32.1. The zero-order valence-electron chi connectivity index (χ0n) is 15.1. The fourth-order valence-corrected chi connectivity index (χ4v) is 3.87. The number of hydrogen-bond acceptors (Lipinski definition) is 6. The van der Waals surface area contributed by atoms with Crippen molar-refractivity contribution in [2.24, 2.45) is 0 Å². The Bertz CT molecular complexity index is 855. The van der Waals surface area contributed by atoms with Crippen molar-refractivity contribution in [3.8, 4) is 10.7 Å². The molecule has 3 aromatic rings. The number of nitrogens with zero attached hydrogens (tertiary/aromatic N) is 4. The summed E-state index contributed by atoms with van der Waals surface area (Å²) in [6.45, 7) is 3.78. The number of rotatable bonds is 6. The fourth-order valence-electron chi connectivity index (χ4n) is 3.23. The van der Waals surface area contributed by atoms with Crippen molar-refractivity contribution in [3.63, 3.8) is 0 Å². The molecule has 0 bridgehead atoms. The maximum Gasteiger partial charge on any atom is 0.241 e. The monoisotopic (exact) mass is 382 g/mol. The second-order valence-corrected chi connectivity index (χ2v) is 7.58. The molecule has 1 amide bonds. The second kappa shape index (κ2) is 8.45. The van der Waals surface area contributed by atoms with Gasteiger partial charge in [0.25, 0.3) is 0 Å². The first-order chi connectivity index (χ1) is 13.3. The first-order valence-electron chi connectivity index (χ1n) is 9.18. The van der Waals surface area contributed by atoms with Crippen molar-refractivity contribution in [2.45, 2.75) is 19.4 Å². The second-order valence-electron chi connectivity index (χ2n) is 6.63. The third kappa shape index (κ3) is 4.61. The minimum atomic E-state index is 0.233. The highest BCUT2D eigenvalue weighted by molar-refractivity contribution is 7.13. The number of benzene rings is 1. The van der Waals surface area contributed by atoms with Crippen LogP contribution in [0.2, 0.25) is 0 Å². The number of carbonyl (C=O) groups excluding carboxylic acids is 1. The molecule has 0 unspecified atom stereocenters. The number of aryl methyl sites for hydroxylation is 1. The van der Waals surface area contributed by atoms with Crippen LogP contribution >= 0.6 is 11.3 Å². The molecule has 0 saturated carbocycles. The lowest BCUT2D eigenvalue weighted by atomic mass is 10.1. The average Bonchev–Trinajstić information content (AvgIpc) is 3.39. The maximum atomic E-state index is 12.4. The zero-order chi connectivity index (χ0) is 18.5. The lowest BCUT2D eigenvalue weighted by Crippen LogP contribution is -2.48. The van der Waals surface area contributed by atoms with Gasteiger partial charge in [-0.15, -0.1) is 11.3 Å². The molecule has 1 aliphatic rings. The summed E-state index contributed by atoms with van der Waals surface area (Å²) in [7, 11) is 0. The van der Waals surface area contributed by atoms with E-state index in [0.717, 1.165) is 37.5 Å². The van der Waals surface area contributed by atoms with E-state index in [1.54, 1.807) is 11.3 Å². The first-order valence-corrected chi connectivity index (χ1v) is 10.1. The normalized spacial score (nSPS) is 15.2. The van der Waals surface area contributed by atoms with Gasteiger partial charge >= 0.3 is 0 Å². The SMILES string of the molecule is O=C(CCc1ccccc1)N1CCN(Cc2nc(-c3cccs3)no2)CC1. The smallest absolute Gasteiger partial charge is 0.241 e. The van der Waals surface area contributed by atoms with Gasteiger partial charge in [0.15, 0.2) is 0 Å². The Labute approximate surface area is 162 Å². The predicted octanol–water partition coefficient (Wildman–Crippen LogP) is 3.08. The van der Waals surface area contributed by atoms with Crippen molar-refractivity contribution in [1.82, 2.24) is 19.9 Å². The summed E-state index contributed by atoms with van der Waals surface area (Å²) in [4.78, 5) is 22.1. The molecule has 6 nitrogen and oxygen atoms in total. The Morgan fingerprint density at radius 3 is 2.63 bits per heavy atom. The number of thiophene rings is 1. The van der Waals surface area contributed by atoms with Crippen molar-refractivity contribution in [3.05, 3.63) is 59.3 Å². The van der Waals surface area contributed by atoms with Crippen LogP contribution in [-0.4, -0.2) is 52.0 Å². The minimum absolute atomic E-state index is 0.233. The number of carbonyl (C=O) groups is 1.